The van der Waals surface area contributed by atoms with E-state index in [0.717, 1.165) is 4.90 Å². The van der Waals surface area contributed by atoms with Gasteiger partial charge in [0.05, 0.1) is 12.9 Å². The van der Waals surface area contributed by atoms with Gasteiger partial charge in [-0.2, -0.15) is 0 Å². The number of H-pyrrole nitrogens is 1. The summed E-state index contributed by atoms with van der Waals surface area (Å²) in [6, 6.07) is -2.10. The molecule has 32 heavy (non-hydrogen) atoms. The highest BCUT2D eigenvalue weighted by Gasteiger charge is 2.38. The van der Waals surface area contributed by atoms with Gasteiger partial charge >= 0.3 is 12.1 Å². The van der Waals surface area contributed by atoms with Crippen molar-refractivity contribution in [3.05, 3.63) is 18.2 Å². The van der Waals surface area contributed by atoms with Crippen LogP contribution in [0.4, 0.5) is 4.79 Å². The van der Waals surface area contributed by atoms with Crippen molar-refractivity contribution in [1.29, 1.82) is 0 Å². The third-order valence-electron chi connectivity index (χ3n) is 4.41. The summed E-state index contributed by atoms with van der Waals surface area (Å²) in [7, 11) is 0. The molecule has 0 aliphatic carbocycles. The molecule has 2 heterocycles. The van der Waals surface area contributed by atoms with Crippen molar-refractivity contribution in [3.8, 4) is 0 Å². The number of aromatic amines is 1. The highest BCUT2D eigenvalue weighted by atomic mass is 16.6. The summed E-state index contributed by atoms with van der Waals surface area (Å²) in [5.74, 6) is -2.59. The number of hydrogen-bond donors (Lipinski definition) is 3. The van der Waals surface area contributed by atoms with Crippen LogP contribution in [0.2, 0.25) is 0 Å². The Bertz CT molecular complexity index is 847. The summed E-state index contributed by atoms with van der Waals surface area (Å²) in [5, 5.41) is 5.06. The first-order valence-electron chi connectivity index (χ1n) is 10.3. The molecule has 0 spiro atoms. The maximum atomic E-state index is 12.9. The van der Waals surface area contributed by atoms with E-state index in [-0.39, 0.29) is 25.9 Å². The monoisotopic (exact) mass is 451 g/mol. The molecule has 0 bridgehead atoms. The van der Waals surface area contributed by atoms with Crippen molar-refractivity contribution >= 4 is 29.8 Å². The second kappa shape index (κ2) is 10.7. The maximum absolute atomic E-state index is 12.9. The van der Waals surface area contributed by atoms with E-state index in [0.29, 0.717) is 5.69 Å². The Morgan fingerprint density at radius 3 is 2.62 bits per heavy atom. The number of imidazole rings is 1. The van der Waals surface area contributed by atoms with Gasteiger partial charge in [0.2, 0.25) is 11.8 Å². The fourth-order valence-electron chi connectivity index (χ4n) is 3.02. The van der Waals surface area contributed by atoms with E-state index >= 15 is 0 Å². The number of esters is 1. The number of likely N-dealkylation sites (tertiary alicyclic amines) is 1. The highest BCUT2D eigenvalue weighted by Crippen LogP contribution is 2.14. The number of nitrogens with one attached hydrogen (secondary N) is 3. The van der Waals surface area contributed by atoms with Crippen LogP contribution in [-0.4, -0.2) is 75.5 Å². The predicted molar refractivity (Wildman–Crippen MR) is 110 cm³/mol. The Morgan fingerprint density at radius 1 is 1.31 bits per heavy atom. The van der Waals surface area contributed by atoms with E-state index in [2.05, 4.69) is 20.6 Å². The fraction of sp³-hybridized carbons (Fsp3) is 0.600. The first-order chi connectivity index (χ1) is 15.0. The molecule has 1 aromatic rings. The Labute approximate surface area is 185 Å². The molecule has 0 unspecified atom stereocenters. The number of alkyl carbamates (subject to hydrolysis) is 1. The quantitative estimate of drug-likeness (QED) is 0.369. The Balaban J connectivity index is 2.09. The Hall–Kier alpha value is -3.44. The minimum Gasteiger partial charge on any atom is -0.465 e. The van der Waals surface area contributed by atoms with Gasteiger partial charge in [-0.3, -0.25) is 24.1 Å². The van der Waals surface area contributed by atoms with Crippen LogP contribution in [0.15, 0.2) is 12.5 Å². The third kappa shape index (κ3) is 7.36. The first kappa shape index (κ1) is 24.8. The zero-order valence-corrected chi connectivity index (χ0v) is 18.6. The van der Waals surface area contributed by atoms with Gasteiger partial charge < -0.3 is 25.1 Å². The summed E-state index contributed by atoms with van der Waals surface area (Å²) in [5.41, 5.74) is -0.192. The van der Waals surface area contributed by atoms with Crippen LogP contribution in [0.5, 0.6) is 0 Å². The van der Waals surface area contributed by atoms with E-state index in [1.54, 1.807) is 27.7 Å². The number of carbonyl (C=O) groups is 5. The minimum absolute atomic E-state index is 0.0270. The summed E-state index contributed by atoms with van der Waals surface area (Å²) in [6.45, 7) is 6.26. The van der Waals surface area contributed by atoms with Crippen LogP contribution in [-0.2, 0) is 35.1 Å². The zero-order valence-electron chi connectivity index (χ0n) is 18.6. The van der Waals surface area contributed by atoms with E-state index in [4.69, 9.17) is 9.47 Å². The standard InChI is InChI=1S/C20H29N5O7/c1-5-31-16(27)10-25-15(26)7-6-13(18(25)29)23-17(28)14(8-12-9-21-11-22-12)24-19(30)32-20(2,3)4/h9,11,13-14H,5-8,10H2,1-4H3,(H,21,22)(H,23,28)(H,24,30)/t13-,14-/m0/s1. The lowest BCUT2D eigenvalue weighted by Gasteiger charge is -2.31. The molecule has 1 aromatic heterocycles. The van der Waals surface area contributed by atoms with Gasteiger partial charge in [0, 0.05) is 24.7 Å². The van der Waals surface area contributed by atoms with Gasteiger partial charge in [-0.1, -0.05) is 0 Å². The van der Waals surface area contributed by atoms with E-state index in [1.807, 2.05) is 0 Å². The highest BCUT2D eigenvalue weighted by molar-refractivity contribution is 6.04. The molecule has 1 fully saturated rings. The second-order valence-corrected chi connectivity index (χ2v) is 8.20. The summed E-state index contributed by atoms with van der Waals surface area (Å²) in [4.78, 5) is 69.2. The van der Waals surface area contributed by atoms with Crippen LogP contribution in [0.3, 0.4) is 0 Å². The third-order valence-corrected chi connectivity index (χ3v) is 4.41. The Morgan fingerprint density at radius 2 is 2.03 bits per heavy atom. The summed E-state index contributed by atoms with van der Waals surface area (Å²) < 4.78 is 10.0. The number of piperidine rings is 1. The van der Waals surface area contributed by atoms with Gasteiger partial charge in [0.1, 0.15) is 24.2 Å². The number of hydrogen-bond acceptors (Lipinski definition) is 8. The van der Waals surface area contributed by atoms with Crippen LogP contribution in [0.25, 0.3) is 0 Å². The zero-order chi connectivity index (χ0) is 23.9. The molecule has 2 atom stereocenters. The molecule has 3 N–H and O–H groups in total. The number of ether oxygens (including phenoxy) is 2. The van der Waals surface area contributed by atoms with Crippen molar-refractivity contribution in [2.24, 2.45) is 0 Å². The van der Waals surface area contributed by atoms with Crippen LogP contribution >= 0.6 is 0 Å². The number of amides is 4. The lowest BCUT2D eigenvalue weighted by molar-refractivity contribution is -0.158. The number of imide groups is 1. The van der Waals surface area contributed by atoms with Crippen molar-refractivity contribution < 1.29 is 33.4 Å². The lowest BCUT2D eigenvalue weighted by atomic mass is 10.0. The predicted octanol–water partition coefficient (Wildman–Crippen LogP) is 0.0424. The van der Waals surface area contributed by atoms with Crippen LogP contribution in [0.1, 0.15) is 46.2 Å². The molecule has 1 aliphatic heterocycles. The number of carbonyl (C=O) groups excluding carboxylic acids is 5. The largest absolute Gasteiger partial charge is 0.465 e. The van der Waals surface area contributed by atoms with Crippen molar-refractivity contribution in [2.45, 2.75) is 64.6 Å². The van der Waals surface area contributed by atoms with Crippen LogP contribution in [0, 0.1) is 0 Å². The molecule has 1 aliphatic rings. The maximum Gasteiger partial charge on any atom is 0.408 e. The molecule has 1 saturated heterocycles. The van der Waals surface area contributed by atoms with E-state index in [9.17, 15) is 24.0 Å². The SMILES string of the molecule is CCOC(=O)CN1C(=O)CC[C@H](NC(=O)[C@H](Cc2cnc[nH]2)NC(=O)OC(C)(C)C)C1=O. The molecule has 4 amide bonds. The van der Waals surface area contributed by atoms with Gasteiger partial charge in [-0.25, -0.2) is 9.78 Å². The number of rotatable bonds is 8. The molecule has 12 heteroatoms. The van der Waals surface area contributed by atoms with Crippen molar-refractivity contribution in [3.63, 3.8) is 0 Å². The molecule has 0 aromatic carbocycles. The van der Waals surface area contributed by atoms with Gasteiger partial charge in [0.25, 0.3) is 5.91 Å². The Kier molecular flexibility index (Phi) is 8.33. The molecule has 0 radical (unpaired) electrons. The first-order valence-corrected chi connectivity index (χ1v) is 10.3. The van der Waals surface area contributed by atoms with Gasteiger partial charge in [0.15, 0.2) is 0 Å². The number of nitrogens with zero attached hydrogens (tertiary/aromatic N) is 2. The molecule has 176 valence electrons. The molecule has 2 rings (SSSR count). The van der Waals surface area contributed by atoms with Gasteiger partial charge in [-0.05, 0) is 34.1 Å². The topological polar surface area (TPSA) is 160 Å². The molecule has 12 nitrogen and oxygen atoms in total. The fourth-order valence-corrected chi connectivity index (χ4v) is 3.02. The average Bonchev–Trinajstić information content (AvgIpc) is 3.18. The van der Waals surface area contributed by atoms with E-state index < -0.39 is 54.0 Å². The van der Waals surface area contributed by atoms with Crippen LogP contribution < -0.4 is 10.6 Å². The van der Waals surface area contributed by atoms with Gasteiger partial charge in [-0.15, -0.1) is 0 Å². The number of aromatic nitrogens is 2. The summed E-state index contributed by atoms with van der Waals surface area (Å²) >= 11 is 0. The van der Waals surface area contributed by atoms with Crippen molar-refractivity contribution in [2.75, 3.05) is 13.2 Å². The second-order valence-electron chi connectivity index (χ2n) is 8.20. The van der Waals surface area contributed by atoms with E-state index in [1.165, 1.54) is 12.5 Å². The summed E-state index contributed by atoms with van der Waals surface area (Å²) in [6.07, 6.45) is 2.25. The smallest absolute Gasteiger partial charge is 0.408 e. The molecular weight excluding hydrogens is 422 g/mol. The molecule has 0 saturated carbocycles. The normalized spacial score (nSPS) is 17.5. The average molecular weight is 451 g/mol. The minimum atomic E-state index is -1.07. The molecular formula is C20H29N5O7. The lowest BCUT2D eigenvalue weighted by Crippen LogP contribution is -2.59. The van der Waals surface area contributed by atoms with Crippen molar-refractivity contribution in [1.82, 2.24) is 25.5 Å².